The molecule has 4 nitrogen and oxygen atoms in total. The zero-order chi connectivity index (χ0) is 14.4. The number of aromatic nitrogens is 2. The second-order valence-electron chi connectivity index (χ2n) is 5.57. The molecule has 1 aliphatic carbocycles. The number of anilines is 1. The van der Waals surface area contributed by atoms with Crippen LogP contribution in [0.2, 0.25) is 0 Å². The van der Waals surface area contributed by atoms with E-state index in [1.54, 1.807) is 0 Å². The average molecular weight is 393 g/mol. The Morgan fingerprint density at radius 1 is 1.24 bits per heavy atom. The van der Waals surface area contributed by atoms with E-state index in [1.807, 2.05) is 25.2 Å². The third kappa shape index (κ3) is 2.37. The van der Waals surface area contributed by atoms with Crippen molar-refractivity contribution in [1.29, 1.82) is 0 Å². The molecule has 0 spiro atoms. The lowest BCUT2D eigenvalue weighted by Crippen LogP contribution is -2.13. The van der Waals surface area contributed by atoms with Gasteiger partial charge in [-0.1, -0.05) is 18.2 Å². The lowest BCUT2D eigenvalue weighted by atomic mass is 10.1. The molecule has 0 radical (unpaired) electrons. The van der Waals surface area contributed by atoms with Gasteiger partial charge in [-0.05, 0) is 47.1 Å². The van der Waals surface area contributed by atoms with Crippen molar-refractivity contribution in [3.63, 3.8) is 0 Å². The molecular weight excluding hydrogens is 377 g/mol. The summed E-state index contributed by atoms with van der Waals surface area (Å²) in [5.41, 5.74) is 2.42. The van der Waals surface area contributed by atoms with Crippen LogP contribution in [-0.2, 0) is 6.42 Å². The third-order valence-corrected chi connectivity index (χ3v) is 5.09. The number of halogens is 1. The van der Waals surface area contributed by atoms with E-state index in [4.69, 9.17) is 9.72 Å². The number of para-hydroxylation sites is 1. The van der Waals surface area contributed by atoms with Crippen LogP contribution < -0.4 is 10.1 Å². The number of hydrogen-bond donors (Lipinski definition) is 1. The minimum absolute atomic E-state index is 0.0657. The van der Waals surface area contributed by atoms with Crippen molar-refractivity contribution in [2.45, 2.75) is 31.3 Å². The van der Waals surface area contributed by atoms with Crippen molar-refractivity contribution in [2.24, 2.45) is 0 Å². The van der Waals surface area contributed by atoms with Crippen LogP contribution >= 0.6 is 22.6 Å². The number of nitrogens with one attached hydrogen (secondary N) is 1. The zero-order valence-corrected chi connectivity index (χ0v) is 13.9. The molecule has 2 heterocycles. The molecule has 1 aliphatic heterocycles. The van der Waals surface area contributed by atoms with Gasteiger partial charge in [-0.15, -0.1) is 0 Å². The minimum Gasteiger partial charge on any atom is -0.482 e. The molecule has 0 amide bonds. The molecule has 1 atom stereocenters. The van der Waals surface area contributed by atoms with Gasteiger partial charge in [0.05, 0.1) is 9.26 Å². The highest BCUT2D eigenvalue weighted by molar-refractivity contribution is 14.1. The molecule has 1 aromatic heterocycles. The van der Waals surface area contributed by atoms with Gasteiger partial charge in [-0.25, -0.2) is 9.97 Å². The normalized spacial score (nSPS) is 20.0. The summed E-state index contributed by atoms with van der Waals surface area (Å²) in [5, 5.41) is 3.19. The minimum atomic E-state index is -0.0657. The second-order valence-corrected chi connectivity index (χ2v) is 6.65. The Bertz CT molecular complexity index is 675. The van der Waals surface area contributed by atoms with Gasteiger partial charge in [0, 0.05) is 19.4 Å². The van der Waals surface area contributed by atoms with Crippen molar-refractivity contribution < 1.29 is 4.74 Å². The first-order valence-corrected chi connectivity index (χ1v) is 8.33. The molecule has 2 aromatic rings. The first-order chi connectivity index (χ1) is 10.3. The number of fused-ring (bicyclic) bond motifs is 1. The molecule has 108 valence electrons. The van der Waals surface area contributed by atoms with Crippen molar-refractivity contribution >= 4 is 28.4 Å². The summed E-state index contributed by atoms with van der Waals surface area (Å²) in [6.07, 6.45) is 3.26. The lowest BCUT2D eigenvalue weighted by molar-refractivity contribution is 0.227. The van der Waals surface area contributed by atoms with Gasteiger partial charge < -0.3 is 10.1 Å². The molecule has 1 unspecified atom stereocenters. The molecule has 21 heavy (non-hydrogen) atoms. The summed E-state index contributed by atoms with van der Waals surface area (Å²) in [6, 6.07) is 8.18. The van der Waals surface area contributed by atoms with E-state index in [1.165, 1.54) is 24.1 Å². The van der Waals surface area contributed by atoms with Crippen LogP contribution in [-0.4, -0.2) is 17.0 Å². The highest BCUT2D eigenvalue weighted by Crippen LogP contribution is 2.43. The molecule has 1 aromatic carbocycles. The molecule has 0 saturated heterocycles. The van der Waals surface area contributed by atoms with E-state index in [0.29, 0.717) is 5.92 Å². The molecule has 1 saturated carbocycles. The van der Waals surface area contributed by atoms with Crippen molar-refractivity contribution in [2.75, 3.05) is 12.4 Å². The zero-order valence-electron chi connectivity index (χ0n) is 11.8. The molecule has 0 bridgehead atoms. The van der Waals surface area contributed by atoms with E-state index in [0.717, 1.165) is 27.4 Å². The Labute approximate surface area is 137 Å². The summed E-state index contributed by atoms with van der Waals surface area (Å²) in [4.78, 5) is 9.50. The van der Waals surface area contributed by atoms with Gasteiger partial charge >= 0.3 is 0 Å². The molecule has 2 aliphatic rings. The topological polar surface area (TPSA) is 47.0 Å². The van der Waals surface area contributed by atoms with E-state index >= 15 is 0 Å². The third-order valence-electron chi connectivity index (χ3n) is 4.03. The molecular formula is C16H16IN3O. The van der Waals surface area contributed by atoms with E-state index in [-0.39, 0.29) is 6.10 Å². The van der Waals surface area contributed by atoms with Gasteiger partial charge in [-0.2, -0.15) is 0 Å². The Morgan fingerprint density at radius 2 is 2.05 bits per heavy atom. The predicted molar refractivity (Wildman–Crippen MR) is 89.8 cm³/mol. The summed E-state index contributed by atoms with van der Waals surface area (Å²) < 4.78 is 7.18. The summed E-state index contributed by atoms with van der Waals surface area (Å²) in [7, 11) is 1.91. The molecule has 4 rings (SSSR count). The van der Waals surface area contributed by atoms with Crippen LogP contribution in [0.25, 0.3) is 0 Å². The van der Waals surface area contributed by atoms with Crippen LogP contribution in [0, 0.1) is 3.57 Å². The van der Waals surface area contributed by atoms with E-state index in [2.05, 4.69) is 39.0 Å². The number of ether oxygens (including phenoxy) is 1. The maximum atomic E-state index is 6.03. The van der Waals surface area contributed by atoms with Gasteiger partial charge in [-0.3, -0.25) is 0 Å². The fourth-order valence-corrected chi connectivity index (χ4v) is 3.70. The van der Waals surface area contributed by atoms with E-state index < -0.39 is 0 Å². The van der Waals surface area contributed by atoms with Crippen LogP contribution in [0.15, 0.2) is 24.3 Å². The summed E-state index contributed by atoms with van der Waals surface area (Å²) >= 11 is 2.35. The van der Waals surface area contributed by atoms with Crippen molar-refractivity contribution in [3.8, 4) is 5.75 Å². The van der Waals surface area contributed by atoms with Crippen LogP contribution in [0.1, 0.15) is 41.9 Å². The van der Waals surface area contributed by atoms with Gasteiger partial charge in [0.25, 0.3) is 0 Å². The summed E-state index contributed by atoms with van der Waals surface area (Å²) in [5.74, 6) is 3.29. The molecule has 1 N–H and O–H groups in total. The number of hydrogen-bond acceptors (Lipinski definition) is 4. The predicted octanol–water partition coefficient (Wildman–Crippen LogP) is 3.68. The second kappa shape index (κ2) is 5.12. The Balaban J connectivity index is 1.71. The number of benzene rings is 1. The maximum Gasteiger partial charge on any atom is 0.172 e. The fourth-order valence-electron chi connectivity index (χ4n) is 2.75. The van der Waals surface area contributed by atoms with E-state index in [9.17, 15) is 0 Å². The van der Waals surface area contributed by atoms with Crippen LogP contribution in [0.4, 0.5) is 5.82 Å². The molecule has 5 heteroatoms. The maximum absolute atomic E-state index is 6.03. The van der Waals surface area contributed by atoms with Gasteiger partial charge in [0.2, 0.25) is 0 Å². The quantitative estimate of drug-likeness (QED) is 0.809. The first kappa shape index (κ1) is 13.3. The Kier molecular flexibility index (Phi) is 3.24. The molecule has 1 fully saturated rings. The van der Waals surface area contributed by atoms with Crippen LogP contribution in [0.3, 0.4) is 0 Å². The highest BCUT2D eigenvalue weighted by atomic mass is 127. The van der Waals surface area contributed by atoms with Crippen molar-refractivity contribution in [1.82, 2.24) is 9.97 Å². The summed E-state index contributed by atoms with van der Waals surface area (Å²) in [6.45, 7) is 0. The Hall–Kier alpha value is -1.37. The highest BCUT2D eigenvalue weighted by Gasteiger charge is 2.32. The van der Waals surface area contributed by atoms with Gasteiger partial charge in [0.15, 0.2) is 11.9 Å². The monoisotopic (exact) mass is 393 g/mol. The Morgan fingerprint density at radius 3 is 2.76 bits per heavy atom. The standard InChI is InChI=1S/C16H16IN3O/c1-18-16-13(17)14(9-6-7-9)19-15(20-16)12-8-10-4-2-3-5-11(10)21-12/h2-5,9,12H,6-8H2,1H3,(H,18,19,20). The fraction of sp³-hybridized carbons (Fsp3) is 0.375. The van der Waals surface area contributed by atoms with Crippen LogP contribution in [0.5, 0.6) is 5.75 Å². The number of rotatable bonds is 3. The van der Waals surface area contributed by atoms with Crippen molar-refractivity contribution in [3.05, 3.63) is 44.9 Å². The first-order valence-electron chi connectivity index (χ1n) is 7.26. The lowest BCUT2D eigenvalue weighted by Gasteiger charge is -2.14. The largest absolute Gasteiger partial charge is 0.482 e. The average Bonchev–Trinajstić information content (AvgIpc) is 3.25. The smallest absolute Gasteiger partial charge is 0.172 e. The van der Waals surface area contributed by atoms with Gasteiger partial charge in [0.1, 0.15) is 11.6 Å². The SMILES string of the molecule is CNc1nc(C2Cc3ccccc3O2)nc(C2CC2)c1I. The number of nitrogens with zero attached hydrogens (tertiary/aromatic N) is 2.